The number of nitrogens with zero attached hydrogens (tertiary/aromatic N) is 4. The van der Waals surface area contributed by atoms with Gasteiger partial charge < -0.3 is 9.64 Å². The van der Waals surface area contributed by atoms with Crippen molar-refractivity contribution in [1.29, 1.82) is 5.26 Å². The van der Waals surface area contributed by atoms with Crippen LogP contribution in [0.5, 0.6) is 0 Å². The van der Waals surface area contributed by atoms with Crippen LogP contribution in [0.3, 0.4) is 0 Å². The van der Waals surface area contributed by atoms with E-state index in [1.54, 1.807) is 25.7 Å². The van der Waals surface area contributed by atoms with Crippen molar-refractivity contribution in [3.8, 4) is 6.07 Å². The summed E-state index contributed by atoms with van der Waals surface area (Å²) < 4.78 is 32.6. The fourth-order valence-corrected chi connectivity index (χ4v) is 4.42. The molecule has 0 saturated carbocycles. The molecule has 3 atom stereocenters. The monoisotopic (exact) mass is 470 g/mol. The number of carbonyl (C=O) groups excluding carboxylic acids is 4. The number of hydrogen-bond acceptors (Lipinski definition) is 8. The summed E-state index contributed by atoms with van der Waals surface area (Å²) >= 11 is 0. The molecule has 33 heavy (non-hydrogen) atoms. The fourth-order valence-electron chi connectivity index (χ4n) is 4.42. The summed E-state index contributed by atoms with van der Waals surface area (Å²) in [5.41, 5.74) is -0.815. The number of imide groups is 1. The third-order valence-electron chi connectivity index (χ3n) is 6.90. The maximum atomic E-state index is 13.7. The Morgan fingerprint density at radius 2 is 1.85 bits per heavy atom. The third kappa shape index (κ3) is 5.24. The van der Waals surface area contributed by atoms with E-state index in [1.165, 1.54) is 4.90 Å². The van der Waals surface area contributed by atoms with Crippen LogP contribution in [0, 0.1) is 23.2 Å². The van der Waals surface area contributed by atoms with Crippen molar-refractivity contribution in [2.24, 2.45) is 11.8 Å². The van der Waals surface area contributed by atoms with Crippen molar-refractivity contribution in [3.05, 3.63) is 0 Å². The van der Waals surface area contributed by atoms with Crippen LogP contribution in [0.4, 0.5) is 13.6 Å². The minimum Gasteiger partial charge on any atom is -0.427 e. The van der Waals surface area contributed by atoms with E-state index in [9.17, 15) is 33.2 Å². The predicted octanol–water partition coefficient (Wildman–Crippen LogP) is 1.70. The van der Waals surface area contributed by atoms with Gasteiger partial charge >= 0.3 is 6.16 Å². The number of ether oxygens (including phenoxy) is 1. The molecule has 3 amide bonds. The molecule has 0 aromatic carbocycles. The SMILES string of the molecule is CC(C(C#N)C(=O)N1CC[C@H](OC(=O)ON2C(=O)CCC2=O)C1)C(C)(C)N1CCC(F)(F)C1. The van der Waals surface area contributed by atoms with Crippen LogP contribution in [0.15, 0.2) is 0 Å². The molecule has 0 bridgehead atoms. The van der Waals surface area contributed by atoms with Gasteiger partial charge in [-0.05, 0) is 19.8 Å². The second-order valence-electron chi connectivity index (χ2n) is 9.31. The Morgan fingerprint density at radius 3 is 2.39 bits per heavy atom. The maximum Gasteiger partial charge on any atom is 0.534 e. The Hall–Kier alpha value is -2.81. The van der Waals surface area contributed by atoms with Crippen molar-refractivity contribution in [2.75, 3.05) is 26.2 Å². The quantitative estimate of drug-likeness (QED) is 0.425. The summed E-state index contributed by atoms with van der Waals surface area (Å²) in [5, 5.41) is 10.1. The smallest absolute Gasteiger partial charge is 0.427 e. The standard InChI is InChI=1S/C21H28F2N4O6/c1-13(20(2,3)26-9-7-21(22,23)12-26)15(10-24)18(30)25-8-6-14(11-25)32-19(31)33-27-16(28)4-5-17(27)29/h13-15H,4-9,11-12H2,1-3H3/t13?,14-,15?/m0/s1. The first kappa shape index (κ1) is 24.8. The number of amides is 3. The number of carbonyl (C=O) groups is 4. The Labute approximate surface area is 190 Å². The first-order valence-electron chi connectivity index (χ1n) is 10.9. The lowest BCUT2D eigenvalue weighted by atomic mass is 9.78. The number of likely N-dealkylation sites (tertiary alicyclic amines) is 2. The van der Waals surface area contributed by atoms with Gasteiger partial charge in [0, 0.05) is 44.3 Å². The Kier molecular flexibility index (Phi) is 6.93. The molecular weight excluding hydrogens is 442 g/mol. The molecule has 3 aliphatic rings. The van der Waals surface area contributed by atoms with Crippen molar-refractivity contribution < 1.29 is 37.5 Å². The van der Waals surface area contributed by atoms with Crippen molar-refractivity contribution in [2.45, 2.75) is 64.0 Å². The van der Waals surface area contributed by atoms with Gasteiger partial charge in [0.2, 0.25) is 5.91 Å². The van der Waals surface area contributed by atoms with Gasteiger partial charge in [-0.2, -0.15) is 5.26 Å². The van der Waals surface area contributed by atoms with Crippen LogP contribution >= 0.6 is 0 Å². The molecule has 182 valence electrons. The van der Waals surface area contributed by atoms with Gasteiger partial charge in [0.1, 0.15) is 12.0 Å². The summed E-state index contributed by atoms with van der Waals surface area (Å²) in [6.45, 7) is 5.22. The van der Waals surface area contributed by atoms with Crippen LogP contribution in [-0.2, 0) is 24.0 Å². The number of hydroxylamine groups is 2. The van der Waals surface area contributed by atoms with Gasteiger partial charge in [-0.25, -0.2) is 13.6 Å². The van der Waals surface area contributed by atoms with E-state index in [-0.39, 0.29) is 45.3 Å². The lowest BCUT2D eigenvalue weighted by molar-refractivity contribution is -0.178. The normalized spacial score (nSPS) is 25.2. The molecule has 0 aromatic rings. The second-order valence-corrected chi connectivity index (χ2v) is 9.31. The highest BCUT2D eigenvalue weighted by atomic mass is 19.3. The van der Waals surface area contributed by atoms with Gasteiger partial charge in [-0.1, -0.05) is 12.0 Å². The average molecular weight is 470 g/mol. The largest absolute Gasteiger partial charge is 0.534 e. The zero-order valence-electron chi connectivity index (χ0n) is 18.9. The summed E-state index contributed by atoms with van der Waals surface area (Å²) in [6.07, 6.45) is -2.01. The molecule has 0 spiro atoms. The highest BCUT2D eigenvalue weighted by Crippen LogP contribution is 2.38. The van der Waals surface area contributed by atoms with Gasteiger partial charge in [0.05, 0.1) is 19.2 Å². The van der Waals surface area contributed by atoms with E-state index in [2.05, 4.69) is 4.84 Å². The number of rotatable bonds is 6. The Balaban J connectivity index is 1.56. The molecule has 3 rings (SSSR count). The molecule has 3 aliphatic heterocycles. The highest BCUT2D eigenvalue weighted by molar-refractivity contribution is 6.01. The van der Waals surface area contributed by atoms with Gasteiger partial charge in [0.25, 0.3) is 17.7 Å². The molecule has 0 N–H and O–H groups in total. The maximum absolute atomic E-state index is 13.7. The molecule has 0 aromatic heterocycles. The van der Waals surface area contributed by atoms with Crippen molar-refractivity contribution in [3.63, 3.8) is 0 Å². The lowest BCUT2D eigenvalue weighted by Gasteiger charge is -2.42. The fraction of sp³-hybridized carbons (Fsp3) is 0.762. The predicted molar refractivity (Wildman–Crippen MR) is 107 cm³/mol. The minimum absolute atomic E-state index is 0.0168. The molecule has 2 unspecified atom stereocenters. The number of alkyl halides is 2. The van der Waals surface area contributed by atoms with E-state index in [0.717, 1.165) is 0 Å². The van der Waals surface area contributed by atoms with Crippen LogP contribution in [0.25, 0.3) is 0 Å². The van der Waals surface area contributed by atoms with Crippen LogP contribution in [-0.4, -0.2) is 82.5 Å². The number of halogens is 2. The Morgan fingerprint density at radius 1 is 1.21 bits per heavy atom. The van der Waals surface area contributed by atoms with Crippen molar-refractivity contribution >= 4 is 23.9 Å². The van der Waals surface area contributed by atoms with Gasteiger partial charge in [0.15, 0.2) is 0 Å². The van der Waals surface area contributed by atoms with E-state index in [1.807, 2.05) is 6.07 Å². The van der Waals surface area contributed by atoms with E-state index in [4.69, 9.17) is 4.74 Å². The average Bonchev–Trinajstić information content (AvgIpc) is 3.43. The molecule has 0 radical (unpaired) electrons. The van der Waals surface area contributed by atoms with Crippen LogP contribution in [0.1, 0.15) is 46.5 Å². The molecule has 12 heteroatoms. The zero-order valence-corrected chi connectivity index (χ0v) is 18.9. The summed E-state index contributed by atoms with van der Waals surface area (Å²) in [5.74, 6) is -6.13. The second kappa shape index (κ2) is 9.21. The molecule has 0 aliphatic carbocycles. The van der Waals surface area contributed by atoms with Crippen LogP contribution < -0.4 is 0 Å². The van der Waals surface area contributed by atoms with E-state index in [0.29, 0.717) is 5.06 Å². The topological polar surface area (TPSA) is 120 Å². The number of nitriles is 1. The van der Waals surface area contributed by atoms with Gasteiger partial charge in [-0.3, -0.25) is 24.1 Å². The minimum atomic E-state index is -2.79. The lowest BCUT2D eigenvalue weighted by Crippen LogP contribution is -2.52. The molecule has 3 fully saturated rings. The first-order valence-corrected chi connectivity index (χ1v) is 10.9. The highest BCUT2D eigenvalue weighted by Gasteiger charge is 2.49. The molecule has 10 nitrogen and oxygen atoms in total. The molecule has 3 heterocycles. The zero-order chi connectivity index (χ0) is 24.6. The number of hydrogen-bond donors (Lipinski definition) is 0. The van der Waals surface area contributed by atoms with Gasteiger partial charge in [-0.15, -0.1) is 0 Å². The van der Waals surface area contributed by atoms with Crippen molar-refractivity contribution in [1.82, 2.24) is 14.9 Å². The summed E-state index contributed by atoms with van der Waals surface area (Å²) in [6, 6.07) is 2.02. The molecule has 3 saturated heterocycles. The van der Waals surface area contributed by atoms with Crippen LogP contribution in [0.2, 0.25) is 0 Å². The first-order chi connectivity index (χ1) is 15.4. The summed E-state index contributed by atoms with van der Waals surface area (Å²) in [7, 11) is 0. The summed E-state index contributed by atoms with van der Waals surface area (Å²) in [4.78, 5) is 55.7. The van der Waals surface area contributed by atoms with E-state index >= 15 is 0 Å². The Bertz CT molecular complexity index is 857. The molecular formula is C21H28F2N4O6. The third-order valence-corrected chi connectivity index (χ3v) is 6.90. The van der Waals surface area contributed by atoms with E-state index < -0.39 is 59.8 Å².